The normalized spacial score (nSPS) is 11.8. The summed E-state index contributed by atoms with van der Waals surface area (Å²) in [5.41, 5.74) is 5.06. The molecule has 0 radical (unpaired) electrons. The van der Waals surface area contributed by atoms with Crippen LogP contribution in [-0.4, -0.2) is 27.8 Å². The first-order chi connectivity index (χ1) is 16.5. The highest BCUT2D eigenvalue weighted by Gasteiger charge is 2.22. The van der Waals surface area contributed by atoms with Gasteiger partial charge in [-0.3, -0.25) is 9.36 Å². The van der Waals surface area contributed by atoms with Crippen molar-refractivity contribution in [2.45, 2.75) is 37.7 Å². The van der Waals surface area contributed by atoms with Gasteiger partial charge in [0.2, 0.25) is 0 Å². The van der Waals surface area contributed by atoms with E-state index in [-0.39, 0.29) is 11.9 Å². The summed E-state index contributed by atoms with van der Waals surface area (Å²) in [5.74, 6) is 1.74. The molecule has 3 aromatic carbocycles. The van der Waals surface area contributed by atoms with Crippen molar-refractivity contribution in [2.75, 3.05) is 7.11 Å². The Balaban J connectivity index is 1.63. The number of methoxy groups -OCH3 is 1. The number of para-hydroxylation sites is 1. The second kappa shape index (κ2) is 10.6. The van der Waals surface area contributed by atoms with Crippen molar-refractivity contribution < 1.29 is 9.53 Å². The van der Waals surface area contributed by atoms with Crippen molar-refractivity contribution in [3.8, 4) is 11.4 Å². The lowest BCUT2D eigenvalue weighted by atomic mass is 10.1. The van der Waals surface area contributed by atoms with Crippen LogP contribution >= 0.6 is 11.8 Å². The summed E-state index contributed by atoms with van der Waals surface area (Å²) in [5, 5.41) is 12.8. The zero-order chi connectivity index (χ0) is 24.1. The summed E-state index contributed by atoms with van der Waals surface area (Å²) in [7, 11) is 1.56. The standard InChI is InChI=1S/C27H28N4O2S/c1-18-12-14-22(15-13-18)31-25(20(3)28-26(32)23-10-5-6-11-24(23)33-4)29-30-27(31)34-17-21-9-7-8-19(2)16-21/h5-16,20H,17H2,1-4H3,(H,28,32). The zero-order valence-electron chi connectivity index (χ0n) is 19.8. The number of nitrogens with one attached hydrogen (secondary N) is 1. The van der Waals surface area contributed by atoms with E-state index in [1.54, 1.807) is 31.0 Å². The molecule has 0 fully saturated rings. The van der Waals surface area contributed by atoms with Gasteiger partial charge in [0.05, 0.1) is 18.7 Å². The van der Waals surface area contributed by atoms with Gasteiger partial charge in [-0.2, -0.15) is 0 Å². The lowest BCUT2D eigenvalue weighted by Crippen LogP contribution is -2.29. The van der Waals surface area contributed by atoms with Crippen LogP contribution < -0.4 is 10.1 Å². The van der Waals surface area contributed by atoms with E-state index in [0.717, 1.165) is 16.6 Å². The predicted molar refractivity (Wildman–Crippen MR) is 136 cm³/mol. The topological polar surface area (TPSA) is 69.0 Å². The van der Waals surface area contributed by atoms with Crippen molar-refractivity contribution >= 4 is 17.7 Å². The molecule has 1 aromatic heterocycles. The summed E-state index contributed by atoms with van der Waals surface area (Å²) in [6.07, 6.45) is 0. The van der Waals surface area contributed by atoms with Crippen molar-refractivity contribution in [1.29, 1.82) is 0 Å². The highest BCUT2D eigenvalue weighted by Crippen LogP contribution is 2.28. The third-order valence-electron chi connectivity index (χ3n) is 5.49. The average molecular weight is 473 g/mol. The molecule has 1 unspecified atom stereocenters. The summed E-state index contributed by atoms with van der Waals surface area (Å²) >= 11 is 1.62. The molecule has 0 aliphatic heterocycles. The number of amides is 1. The molecule has 1 atom stereocenters. The van der Waals surface area contributed by atoms with Gasteiger partial charge in [0.25, 0.3) is 5.91 Å². The number of hydrogen-bond acceptors (Lipinski definition) is 5. The van der Waals surface area contributed by atoms with Crippen LogP contribution in [0.25, 0.3) is 5.69 Å². The monoisotopic (exact) mass is 472 g/mol. The number of carbonyl (C=O) groups excluding carboxylic acids is 1. The molecule has 0 aliphatic rings. The Labute approximate surface area is 204 Å². The number of hydrogen-bond donors (Lipinski definition) is 1. The van der Waals surface area contributed by atoms with E-state index in [1.807, 2.05) is 35.8 Å². The summed E-state index contributed by atoms with van der Waals surface area (Å²) < 4.78 is 7.37. The van der Waals surface area contributed by atoms with Crippen molar-refractivity contribution in [1.82, 2.24) is 20.1 Å². The number of carbonyl (C=O) groups is 1. The first-order valence-corrected chi connectivity index (χ1v) is 12.1. The summed E-state index contributed by atoms with van der Waals surface area (Å²) in [6.45, 7) is 6.06. The van der Waals surface area contributed by atoms with E-state index < -0.39 is 0 Å². The van der Waals surface area contributed by atoms with Crippen LogP contribution in [0.2, 0.25) is 0 Å². The maximum absolute atomic E-state index is 13.0. The quantitative estimate of drug-likeness (QED) is 0.334. The van der Waals surface area contributed by atoms with Crippen molar-refractivity contribution in [3.05, 3.63) is 101 Å². The highest BCUT2D eigenvalue weighted by atomic mass is 32.2. The predicted octanol–water partition coefficient (Wildman–Crippen LogP) is 5.68. The van der Waals surface area contributed by atoms with E-state index in [0.29, 0.717) is 17.1 Å². The first kappa shape index (κ1) is 23.6. The van der Waals surface area contributed by atoms with Crippen LogP contribution in [0.4, 0.5) is 0 Å². The van der Waals surface area contributed by atoms with E-state index in [2.05, 4.69) is 65.8 Å². The molecular formula is C27H28N4O2S. The molecule has 4 rings (SSSR count). The minimum atomic E-state index is -0.375. The lowest BCUT2D eigenvalue weighted by molar-refractivity contribution is 0.0935. The molecule has 34 heavy (non-hydrogen) atoms. The molecule has 0 aliphatic carbocycles. The maximum Gasteiger partial charge on any atom is 0.255 e. The van der Waals surface area contributed by atoms with Crippen LogP contribution in [0.15, 0.2) is 78.0 Å². The van der Waals surface area contributed by atoms with Crippen LogP contribution in [0, 0.1) is 13.8 Å². The van der Waals surface area contributed by atoms with Gasteiger partial charge >= 0.3 is 0 Å². The Morgan fingerprint density at radius 1 is 1.00 bits per heavy atom. The molecule has 6 nitrogen and oxygen atoms in total. The van der Waals surface area contributed by atoms with Gasteiger partial charge in [-0.25, -0.2) is 0 Å². The summed E-state index contributed by atoms with van der Waals surface area (Å²) in [6, 6.07) is 23.5. The van der Waals surface area contributed by atoms with Gasteiger partial charge < -0.3 is 10.1 Å². The molecule has 0 spiro atoms. The van der Waals surface area contributed by atoms with Gasteiger partial charge in [-0.15, -0.1) is 10.2 Å². The molecule has 1 N–H and O–H groups in total. The minimum absolute atomic E-state index is 0.225. The number of nitrogens with zero attached hydrogens (tertiary/aromatic N) is 3. The fraction of sp³-hybridized carbons (Fsp3) is 0.222. The molecule has 174 valence electrons. The van der Waals surface area contributed by atoms with Gasteiger partial charge in [0.1, 0.15) is 5.75 Å². The maximum atomic E-state index is 13.0. The number of benzene rings is 3. The molecule has 0 saturated heterocycles. The molecule has 7 heteroatoms. The van der Waals surface area contributed by atoms with E-state index in [9.17, 15) is 4.79 Å². The van der Waals surface area contributed by atoms with Gasteiger partial charge in [-0.05, 0) is 50.6 Å². The molecule has 1 heterocycles. The SMILES string of the molecule is COc1ccccc1C(=O)NC(C)c1nnc(SCc2cccc(C)c2)n1-c1ccc(C)cc1. The number of rotatable bonds is 8. The largest absolute Gasteiger partial charge is 0.496 e. The Morgan fingerprint density at radius 2 is 1.76 bits per heavy atom. The molecular weight excluding hydrogens is 444 g/mol. The van der Waals surface area contributed by atoms with Crippen molar-refractivity contribution in [3.63, 3.8) is 0 Å². The third kappa shape index (κ3) is 5.31. The Kier molecular flexibility index (Phi) is 7.33. The Bertz CT molecular complexity index is 1280. The van der Waals surface area contributed by atoms with Crippen LogP contribution in [0.3, 0.4) is 0 Å². The highest BCUT2D eigenvalue weighted by molar-refractivity contribution is 7.98. The third-order valence-corrected chi connectivity index (χ3v) is 6.49. The number of aromatic nitrogens is 3. The minimum Gasteiger partial charge on any atom is -0.496 e. The number of ether oxygens (including phenoxy) is 1. The van der Waals surface area contributed by atoms with E-state index >= 15 is 0 Å². The average Bonchev–Trinajstić information content (AvgIpc) is 3.27. The lowest BCUT2D eigenvalue weighted by Gasteiger charge is -2.17. The van der Waals surface area contributed by atoms with Gasteiger partial charge in [0, 0.05) is 11.4 Å². The second-order valence-corrected chi connectivity index (χ2v) is 9.13. The molecule has 0 saturated carbocycles. The number of aryl methyl sites for hydroxylation is 2. The molecule has 1 amide bonds. The van der Waals surface area contributed by atoms with Crippen LogP contribution in [0.5, 0.6) is 5.75 Å². The zero-order valence-corrected chi connectivity index (χ0v) is 20.6. The Hall–Kier alpha value is -3.58. The van der Waals surface area contributed by atoms with Gasteiger partial charge in [0.15, 0.2) is 11.0 Å². The van der Waals surface area contributed by atoms with E-state index in [4.69, 9.17) is 4.74 Å². The smallest absolute Gasteiger partial charge is 0.255 e. The Morgan fingerprint density at radius 3 is 2.50 bits per heavy atom. The number of thioether (sulfide) groups is 1. The van der Waals surface area contributed by atoms with Crippen LogP contribution in [0.1, 0.15) is 45.8 Å². The van der Waals surface area contributed by atoms with Gasteiger partial charge in [-0.1, -0.05) is 71.4 Å². The second-order valence-electron chi connectivity index (χ2n) is 8.18. The first-order valence-electron chi connectivity index (χ1n) is 11.1. The van der Waals surface area contributed by atoms with E-state index in [1.165, 1.54) is 16.7 Å². The fourth-order valence-corrected chi connectivity index (χ4v) is 4.61. The molecule has 4 aromatic rings. The fourth-order valence-electron chi connectivity index (χ4n) is 3.71. The van der Waals surface area contributed by atoms with Crippen molar-refractivity contribution in [2.24, 2.45) is 0 Å². The summed E-state index contributed by atoms with van der Waals surface area (Å²) in [4.78, 5) is 13.0. The van der Waals surface area contributed by atoms with Crippen LogP contribution in [-0.2, 0) is 5.75 Å². The molecule has 0 bridgehead atoms.